The van der Waals surface area contributed by atoms with Crippen molar-refractivity contribution < 1.29 is 14.3 Å². The predicted molar refractivity (Wildman–Crippen MR) is 94.9 cm³/mol. The van der Waals surface area contributed by atoms with Gasteiger partial charge in [0.25, 0.3) is 5.91 Å². The lowest BCUT2D eigenvalue weighted by molar-refractivity contribution is 0.0951. The van der Waals surface area contributed by atoms with E-state index >= 15 is 0 Å². The van der Waals surface area contributed by atoms with Gasteiger partial charge < -0.3 is 15.0 Å². The van der Waals surface area contributed by atoms with Crippen LogP contribution in [0.2, 0.25) is 0 Å². The molecular weight excluding hydrogens is 320 g/mol. The summed E-state index contributed by atoms with van der Waals surface area (Å²) in [5.41, 5.74) is 2.20. The van der Waals surface area contributed by atoms with Gasteiger partial charge in [0.05, 0.1) is 6.54 Å². The maximum atomic E-state index is 12.3. The number of hydrogen-bond acceptors (Lipinski definition) is 5. The van der Waals surface area contributed by atoms with Gasteiger partial charge in [-0.15, -0.1) is 0 Å². The quantitative estimate of drug-likeness (QED) is 0.901. The van der Waals surface area contributed by atoms with Gasteiger partial charge in [0, 0.05) is 43.7 Å². The van der Waals surface area contributed by atoms with Crippen LogP contribution in [0.5, 0.6) is 0 Å². The van der Waals surface area contributed by atoms with Crippen molar-refractivity contribution in [1.29, 1.82) is 0 Å². The number of carbonyl (C=O) groups is 2. The molecule has 7 nitrogen and oxygen atoms in total. The van der Waals surface area contributed by atoms with Crippen molar-refractivity contribution in [1.82, 2.24) is 10.3 Å². The normalized spacial score (nSPS) is 13.5. The van der Waals surface area contributed by atoms with Crippen LogP contribution in [-0.2, 0) is 11.3 Å². The molecule has 0 radical (unpaired) electrons. The molecule has 0 atom stereocenters. The molecule has 1 aromatic carbocycles. The Balaban J connectivity index is 1.65. The molecule has 3 rings (SSSR count). The first-order chi connectivity index (χ1) is 12.1. The fraction of sp³-hybridized carbons (Fsp3) is 0.278. The van der Waals surface area contributed by atoms with Crippen molar-refractivity contribution in [3.8, 4) is 0 Å². The SMILES string of the molecule is CN(C)c1ncccc1CNC(=O)c1ccc(N2CCOC2=O)cc1. The number of aromatic nitrogens is 1. The zero-order valence-electron chi connectivity index (χ0n) is 14.2. The lowest BCUT2D eigenvalue weighted by atomic mass is 10.1. The zero-order valence-corrected chi connectivity index (χ0v) is 14.2. The van der Waals surface area contributed by atoms with E-state index in [1.165, 1.54) is 0 Å². The minimum absolute atomic E-state index is 0.177. The molecule has 1 N–H and O–H groups in total. The van der Waals surface area contributed by atoms with Crippen LogP contribution in [0.1, 0.15) is 15.9 Å². The van der Waals surface area contributed by atoms with Gasteiger partial charge in [0.1, 0.15) is 12.4 Å². The number of nitrogens with zero attached hydrogens (tertiary/aromatic N) is 3. The Morgan fingerprint density at radius 1 is 1.28 bits per heavy atom. The predicted octanol–water partition coefficient (Wildman–Crippen LogP) is 2.03. The van der Waals surface area contributed by atoms with E-state index in [4.69, 9.17) is 4.74 Å². The van der Waals surface area contributed by atoms with Gasteiger partial charge in [-0.25, -0.2) is 9.78 Å². The number of carbonyl (C=O) groups excluding carboxylic acids is 2. The van der Waals surface area contributed by atoms with Crippen molar-refractivity contribution in [2.45, 2.75) is 6.54 Å². The van der Waals surface area contributed by atoms with E-state index < -0.39 is 0 Å². The molecule has 2 aromatic rings. The van der Waals surface area contributed by atoms with Crippen LogP contribution in [0.4, 0.5) is 16.3 Å². The fourth-order valence-corrected chi connectivity index (χ4v) is 2.67. The summed E-state index contributed by atoms with van der Waals surface area (Å²) in [5, 5.41) is 2.90. The highest BCUT2D eigenvalue weighted by Gasteiger charge is 2.23. The van der Waals surface area contributed by atoms with Crippen LogP contribution in [0.25, 0.3) is 0 Å². The molecule has 0 saturated carbocycles. The highest BCUT2D eigenvalue weighted by atomic mass is 16.6. The Hall–Kier alpha value is -3.09. The van der Waals surface area contributed by atoms with Gasteiger partial charge in [-0.2, -0.15) is 0 Å². The first kappa shape index (κ1) is 16.8. The minimum Gasteiger partial charge on any atom is -0.447 e. The number of ether oxygens (including phenoxy) is 1. The average molecular weight is 340 g/mol. The van der Waals surface area contributed by atoms with Crippen LogP contribution >= 0.6 is 0 Å². The zero-order chi connectivity index (χ0) is 17.8. The Morgan fingerprint density at radius 2 is 2.04 bits per heavy atom. The lowest BCUT2D eigenvalue weighted by Gasteiger charge is -2.16. The van der Waals surface area contributed by atoms with E-state index in [1.54, 1.807) is 35.4 Å². The molecule has 1 aliphatic rings. The van der Waals surface area contributed by atoms with Crippen molar-refractivity contribution in [2.24, 2.45) is 0 Å². The standard InChI is InChI=1S/C18H20N4O3/c1-21(2)16-14(4-3-9-19-16)12-20-17(23)13-5-7-15(8-6-13)22-10-11-25-18(22)24/h3-9H,10-12H2,1-2H3,(H,20,23). The van der Waals surface area contributed by atoms with Crippen LogP contribution in [0.15, 0.2) is 42.6 Å². The molecule has 1 saturated heterocycles. The van der Waals surface area contributed by atoms with Gasteiger partial charge in [-0.05, 0) is 30.3 Å². The molecule has 25 heavy (non-hydrogen) atoms. The van der Waals surface area contributed by atoms with Gasteiger partial charge in [-0.1, -0.05) is 6.07 Å². The third kappa shape index (κ3) is 3.71. The van der Waals surface area contributed by atoms with Crippen molar-refractivity contribution in [3.63, 3.8) is 0 Å². The molecule has 130 valence electrons. The lowest BCUT2D eigenvalue weighted by Crippen LogP contribution is -2.25. The number of benzene rings is 1. The number of cyclic esters (lactones) is 1. The van der Waals surface area contributed by atoms with Crippen LogP contribution in [-0.4, -0.2) is 44.2 Å². The summed E-state index contributed by atoms with van der Waals surface area (Å²) in [4.78, 5) is 31.7. The van der Waals surface area contributed by atoms with E-state index in [0.717, 1.165) is 17.1 Å². The molecule has 7 heteroatoms. The van der Waals surface area contributed by atoms with E-state index in [-0.39, 0.29) is 12.0 Å². The molecule has 1 aromatic heterocycles. The van der Waals surface area contributed by atoms with E-state index in [0.29, 0.717) is 25.3 Å². The first-order valence-corrected chi connectivity index (χ1v) is 8.00. The summed E-state index contributed by atoms with van der Waals surface area (Å²) >= 11 is 0. The van der Waals surface area contributed by atoms with E-state index in [1.807, 2.05) is 31.1 Å². The Bertz CT molecular complexity index is 774. The van der Waals surface area contributed by atoms with Crippen molar-refractivity contribution >= 4 is 23.5 Å². The number of amides is 2. The number of nitrogens with one attached hydrogen (secondary N) is 1. The summed E-state index contributed by atoms with van der Waals surface area (Å²) in [7, 11) is 3.82. The molecule has 2 amide bonds. The largest absolute Gasteiger partial charge is 0.447 e. The van der Waals surface area contributed by atoms with Gasteiger partial charge in [0.2, 0.25) is 0 Å². The third-order valence-electron chi connectivity index (χ3n) is 3.93. The Labute approximate surface area is 146 Å². The van der Waals surface area contributed by atoms with Gasteiger partial charge >= 0.3 is 6.09 Å². The minimum atomic E-state index is -0.356. The van der Waals surface area contributed by atoms with Gasteiger partial charge in [0.15, 0.2) is 0 Å². The molecule has 0 spiro atoms. The number of anilines is 2. The molecule has 0 bridgehead atoms. The topological polar surface area (TPSA) is 74.8 Å². The van der Waals surface area contributed by atoms with Crippen LogP contribution in [0, 0.1) is 0 Å². The number of rotatable bonds is 5. The van der Waals surface area contributed by atoms with Crippen LogP contribution < -0.4 is 15.1 Å². The van der Waals surface area contributed by atoms with E-state index in [2.05, 4.69) is 10.3 Å². The third-order valence-corrected chi connectivity index (χ3v) is 3.93. The number of hydrogen-bond donors (Lipinski definition) is 1. The summed E-state index contributed by atoms with van der Waals surface area (Å²) in [6.07, 6.45) is 1.37. The maximum absolute atomic E-state index is 12.3. The highest BCUT2D eigenvalue weighted by Crippen LogP contribution is 2.19. The smallest absolute Gasteiger partial charge is 0.414 e. The average Bonchev–Trinajstić information content (AvgIpc) is 3.06. The molecule has 0 aliphatic carbocycles. The fourth-order valence-electron chi connectivity index (χ4n) is 2.67. The molecule has 1 fully saturated rings. The molecule has 0 unspecified atom stereocenters. The summed E-state index contributed by atoms with van der Waals surface area (Å²) in [6, 6.07) is 10.7. The second-order valence-electron chi connectivity index (χ2n) is 5.88. The Morgan fingerprint density at radius 3 is 2.68 bits per heavy atom. The van der Waals surface area contributed by atoms with Crippen molar-refractivity contribution in [3.05, 3.63) is 53.7 Å². The van der Waals surface area contributed by atoms with Gasteiger partial charge in [-0.3, -0.25) is 9.69 Å². The second-order valence-corrected chi connectivity index (χ2v) is 5.88. The maximum Gasteiger partial charge on any atom is 0.414 e. The Kier molecular flexibility index (Phi) is 4.83. The first-order valence-electron chi connectivity index (χ1n) is 8.00. The monoisotopic (exact) mass is 340 g/mol. The highest BCUT2D eigenvalue weighted by molar-refractivity contribution is 5.95. The van der Waals surface area contributed by atoms with Crippen LogP contribution in [0.3, 0.4) is 0 Å². The van der Waals surface area contributed by atoms with E-state index in [9.17, 15) is 9.59 Å². The van der Waals surface area contributed by atoms with Crippen molar-refractivity contribution in [2.75, 3.05) is 37.0 Å². The summed E-state index contributed by atoms with van der Waals surface area (Å²) in [6.45, 7) is 1.31. The summed E-state index contributed by atoms with van der Waals surface area (Å²) < 4.78 is 4.91. The molecular formula is C18H20N4O3. The number of pyridine rings is 1. The molecule has 2 heterocycles. The second kappa shape index (κ2) is 7.21. The molecule has 1 aliphatic heterocycles. The summed E-state index contributed by atoms with van der Waals surface area (Å²) in [5.74, 6) is 0.648.